The Bertz CT molecular complexity index is 343. The van der Waals surface area contributed by atoms with E-state index in [0.29, 0.717) is 18.9 Å². The van der Waals surface area contributed by atoms with Crippen molar-refractivity contribution in [3.63, 3.8) is 0 Å². The minimum Gasteiger partial charge on any atom is -0.342 e. The summed E-state index contributed by atoms with van der Waals surface area (Å²) in [6, 6.07) is -0.332. The van der Waals surface area contributed by atoms with Crippen LogP contribution in [0.25, 0.3) is 0 Å². The largest absolute Gasteiger partial charge is 0.342 e. The Morgan fingerprint density at radius 2 is 1.95 bits per heavy atom. The van der Waals surface area contributed by atoms with Gasteiger partial charge in [-0.2, -0.15) is 0 Å². The fourth-order valence-electron chi connectivity index (χ4n) is 2.50. The Morgan fingerprint density at radius 1 is 1.32 bits per heavy atom. The van der Waals surface area contributed by atoms with Gasteiger partial charge in [-0.15, -0.1) is 0 Å². The van der Waals surface area contributed by atoms with E-state index in [4.69, 9.17) is 0 Å². The summed E-state index contributed by atoms with van der Waals surface area (Å²) in [5.41, 5.74) is -0.690. The van der Waals surface area contributed by atoms with Gasteiger partial charge in [0.25, 0.3) is 0 Å². The van der Waals surface area contributed by atoms with Crippen LogP contribution in [0.3, 0.4) is 0 Å². The van der Waals surface area contributed by atoms with Gasteiger partial charge < -0.3 is 10.2 Å². The lowest BCUT2D eigenvalue weighted by Gasteiger charge is -2.47. The van der Waals surface area contributed by atoms with Crippen molar-refractivity contribution < 1.29 is 9.59 Å². The Labute approximate surface area is 116 Å². The molecule has 4 nitrogen and oxygen atoms in total. The fraction of sp³-hybridized carbons (Fsp3) is 0.867. The first-order valence-corrected chi connectivity index (χ1v) is 7.53. The standard InChI is InChI=1S/C15H28N2O2/c1-6-9-12-13(18)17(10-11(4)7-2)15(5,8-3)14(19)16-12/h11-12H,6-10H2,1-5H3,(H,16,19). The smallest absolute Gasteiger partial charge is 0.246 e. The van der Waals surface area contributed by atoms with Gasteiger partial charge in [0.1, 0.15) is 11.6 Å². The molecule has 1 saturated heterocycles. The number of hydrogen-bond acceptors (Lipinski definition) is 2. The molecule has 3 unspecified atom stereocenters. The van der Waals surface area contributed by atoms with Crippen molar-refractivity contribution in [3.8, 4) is 0 Å². The molecule has 3 atom stereocenters. The molecule has 1 aliphatic rings. The number of nitrogens with zero attached hydrogens (tertiary/aromatic N) is 1. The maximum Gasteiger partial charge on any atom is 0.246 e. The molecule has 0 aromatic rings. The SMILES string of the molecule is CCCC1NC(=O)C(C)(CC)N(CC(C)CC)C1=O. The van der Waals surface area contributed by atoms with E-state index in [1.807, 2.05) is 25.7 Å². The van der Waals surface area contributed by atoms with Gasteiger partial charge >= 0.3 is 0 Å². The fourth-order valence-corrected chi connectivity index (χ4v) is 2.50. The van der Waals surface area contributed by atoms with Crippen LogP contribution >= 0.6 is 0 Å². The number of nitrogens with one attached hydrogen (secondary N) is 1. The van der Waals surface area contributed by atoms with Crippen molar-refractivity contribution in [2.75, 3.05) is 6.54 Å². The molecule has 1 rings (SSSR count). The molecule has 0 radical (unpaired) electrons. The summed E-state index contributed by atoms with van der Waals surface area (Å²) >= 11 is 0. The summed E-state index contributed by atoms with van der Waals surface area (Å²) < 4.78 is 0. The molecule has 0 bridgehead atoms. The van der Waals surface area contributed by atoms with Gasteiger partial charge in [0.05, 0.1) is 0 Å². The van der Waals surface area contributed by atoms with Gasteiger partial charge in [-0.3, -0.25) is 9.59 Å². The third-order valence-electron chi connectivity index (χ3n) is 4.41. The maximum absolute atomic E-state index is 12.6. The minimum atomic E-state index is -0.690. The Hall–Kier alpha value is -1.06. The molecule has 1 heterocycles. The molecule has 0 aliphatic carbocycles. The van der Waals surface area contributed by atoms with Crippen LogP contribution in [0.1, 0.15) is 60.3 Å². The van der Waals surface area contributed by atoms with E-state index in [9.17, 15) is 9.59 Å². The van der Waals surface area contributed by atoms with Crippen molar-refractivity contribution >= 4 is 11.8 Å². The second-order valence-electron chi connectivity index (χ2n) is 5.90. The molecule has 1 N–H and O–H groups in total. The predicted molar refractivity (Wildman–Crippen MR) is 76.7 cm³/mol. The molecule has 0 spiro atoms. The average molecular weight is 268 g/mol. The van der Waals surface area contributed by atoms with Crippen LogP contribution in [0.4, 0.5) is 0 Å². The van der Waals surface area contributed by atoms with Crippen LogP contribution < -0.4 is 5.32 Å². The Kier molecular flexibility index (Phi) is 5.39. The highest BCUT2D eigenvalue weighted by molar-refractivity contribution is 5.99. The van der Waals surface area contributed by atoms with E-state index >= 15 is 0 Å². The summed E-state index contributed by atoms with van der Waals surface area (Å²) in [6.45, 7) is 10.8. The highest BCUT2D eigenvalue weighted by atomic mass is 16.2. The third kappa shape index (κ3) is 3.10. The number of carbonyl (C=O) groups excluding carboxylic acids is 2. The van der Waals surface area contributed by atoms with Crippen LogP contribution in [0.15, 0.2) is 0 Å². The van der Waals surface area contributed by atoms with E-state index < -0.39 is 5.54 Å². The lowest BCUT2D eigenvalue weighted by Crippen LogP contribution is -2.69. The van der Waals surface area contributed by atoms with Gasteiger partial charge in [-0.05, 0) is 25.7 Å². The van der Waals surface area contributed by atoms with Crippen LogP contribution in [0.5, 0.6) is 0 Å². The number of carbonyl (C=O) groups is 2. The summed E-state index contributed by atoms with van der Waals surface area (Å²) in [4.78, 5) is 26.8. The van der Waals surface area contributed by atoms with Crippen LogP contribution in [0.2, 0.25) is 0 Å². The highest BCUT2D eigenvalue weighted by Gasteiger charge is 2.47. The Balaban J connectivity index is 3.00. The van der Waals surface area contributed by atoms with Crippen LogP contribution in [0, 0.1) is 5.92 Å². The zero-order chi connectivity index (χ0) is 14.6. The molecule has 2 amide bonds. The second-order valence-corrected chi connectivity index (χ2v) is 5.90. The quantitative estimate of drug-likeness (QED) is 0.803. The normalized spacial score (nSPS) is 29.3. The summed E-state index contributed by atoms with van der Waals surface area (Å²) in [5, 5.41) is 2.90. The van der Waals surface area contributed by atoms with Crippen molar-refractivity contribution in [1.29, 1.82) is 0 Å². The first kappa shape index (κ1) is 16.0. The second kappa shape index (κ2) is 6.40. The monoisotopic (exact) mass is 268 g/mol. The number of rotatable bonds is 6. The lowest BCUT2D eigenvalue weighted by molar-refractivity contribution is -0.157. The van der Waals surface area contributed by atoms with Gasteiger partial charge in [0, 0.05) is 6.54 Å². The van der Waals surface area contributed by atoms with Crippen LogP contribution in [-0.4, -0.2) is 34.8 Å². The van der Waals surface area contributed by atoms with E-state index in [0.717, 1.165) is 19.3 Å². The molecule has 1 aliphatic heterocycles. The third-order valence-corrected chi connectivity index (χ3v) is 4.41. The topological polar surface area (TPSA) is 49.4 Å². The summed E-state index contributed by atoms with van der Waals surface area (Å²) in [7, 11) is 0. The molecule has 4 heteroatoms. The number of hydrogen-bond donors (Lipinski definition) is 1. The number of amides is 2. The number of piperazine rings is 1. The zero-order valence-electron chi connectivity index (χ0n) is 13.0. The van der Waals surface area contributed by atoms with Crippen molar-refractivity contribution in [1.82, 2.24) is 10.2 Å². The van der Waals surface area contributed by atoms with Crippen molar-refractivity contribution in [3.05, 3.63) is 0 Å². The molecule has 110 valence electrons. The van der Waals surface area contributed by atoms with Gasteiger partial charge in [0.2, 0.25) is 11.8 Å². The van der Waals surface area contributed by atoms with Crippen molar-refractivity contribution in [2.45, 2.75) is 71.9 Å². The first-order chi connectivity index (χ1) is 8.90. The maximum atomic E-state index is 12.6. The summed E-state index contributed by atoms with van der Waals surface area (Å²) in [6.07, 6.45) is 3.29. The highest BCUT2D eigenvalue weighted by Crippen LogP contribution is 2.27. The van der Waals surface area contributed by atoms with Gasteiger partial charge in [-0.1, -0.05) is 40.5 Å². The van der Waals surface area contributed by atoms with E-state index in [2.05, 4.69) is 19.2 Å². The molecule has 1 fully saturated rings. The molecule has 0 aromatic heterocycles. The predicted octanol–water partition coefficient (Wildman–Crippen LogP) is 2.33. The Morgan fingerprint density at radius 3 is 2.42 bits per heavy atom. The van der Waals surface area contributed by atoms with Gasteiger partial charge in [0.15, 0.2) is 0 Å². The van der Waals surface area contributed by atoms with E-state index in [1.54, 1.807) is 0 Å². The van der Waals surface area contributed by atoms with E-state index in [-0.39, 0.29) is 17.9 Å². The molecule has 19 heavy (non-hydrogen) atoms. The molecule has 0 aromatic carbocycles. The molecular formula is C15H28N2O2. The molecule has 0 saturated carbocycles. The summed E-state index contributed by atoms with van der Waals surface area (Å²) in [5.74, 6) is 0.505. The first-order valence-electron chi connectivity index (χ1n) is 7.53. The average Bonchev–Trinajstić information content (AvgIpc) is 2.40. The van der Waals surface area contributed by atoms with Gasteiger partial charge in [-0.25, -0.2) is 0 Å². The van der Waals surface area contributed by atoms with Crippen LogP contribution in [-0.2, 0) is 9.59 Å². The van der Waals surface area contributed by atoms with E-state index in [1.165, 1.54) is 0 Å². The lowest BCUT2D eigenvalue weighted by atomic mass is 9.88. The minimum absolute atomic E-state index is 0.00338. The molecular weight excluding hydrogens is 240 g/mol. The zero-order valence-corrected chi connectivity index (χ0v) is 13.0. The van der Waals surface area contributed by atoms with Crippen molar-refractivity contribution in [2.24, 2.45) is 5.92 Å².